The van der Waals surface area contributed by atoms with E-state index in [-0.39, 0.29) is 0 Å². The van der Waals surface area contributed by atoms with E-state index >= 15 is 0 Å². The second-order valence-electron chi connectivity index (χ2n) is 5.28. The van der Waals surface area contributed by atoms with E-state index < -0.39 is 0 Å². The van der Waals surface area contributed by atoms with Crippen LogP contribution in [-0.4, -0.2) is 6.04 Å². The second kappa shape index (κ2) is 5.88. The third-order valence-electron chi connectivity index (χ3n) is 3.95. The van der Waals surface area contributed by atoms with Crippen molar-refractivity contribution < 1.29 is 0 Å². The van der Waals surface area contributed by atoms with E-state index in [1.165, 1.54) is 31.2 Å². The summed E-state index contributed by atoms with van der Waals surface area (Å²) in [4.78, 5) is 0. The Labute approximate surface area is 110 Å². The smallest absolute Gasteiger partial charge is 0.0453 e. The zero-order chi connectivity index (χ0) is 12.3. The molecule has 0 bridgehead atoms. The molecule has 0 amide bonds. The maximum atomic E-state index is 6.23. The first-order chi connectivity index (χ1) is 8.18. The van der Waals surface area contributed by atoms with Crippen molar-refractivity contribution in [3.05, 3.63) is 34.9 Å². The molecule has 1 aromatic carbocycles. The lowest BCUT2D eigenvalue weighted by molar-refractivity contribution is 0.263. The van der Waals surface area contributed by atoms with Gasteiger partial charge in [-0.3, -0.25) is 0 Å². The van der Waals surface area contributed by atoms with E-state index in [1.807, 2.05) is 12.1 Å². The number of nitrogens with one attached hydrogen (secondary N) is 1. The zero-order valence-electron chi connectivity index (χ0n) is 10.7. The van der Waals surface area contributed by atoms with Gasteiger partial charge in [-0.25, -0.2) is 0 Å². The lowest BCUT2D eigenvalue weighted by atomic mass is 9.85. The van der Waals surface area contributed by atoms with Crippen LogP contribution >= 0.6 is 11.6 Å². The van der Waals surface area contributed by atoms with Crippen LogP contribution in [0.1, 0.15) is 51.1 Å². The van der Waals surface area contributed by atoms with E-state index in [0.29, 0.717) is 12.1 Å². The Hall–Kier alpha value is -0.530. The SMILES string of the molecule is CC1CCCCC1N[C@@H](C)c1ccccc1Cl. The van der Waals surface area contributed by atoms with Gasteiger partial charge < -0.3 is 5.32 Å². The van der Waals surface area contributed by atoms with E-state index in [0.717, 1.165) is 10.9 Å². The maximum absolute atomic E-state index is 6.23. The van der Waals surface area contributed by atoms with Gasteiger partial charge in [0.2, 0.25) is 0 Å². The predicted molar refractivity (Wildman–Crippen MR) is 74.4 cm³/mol. The van der Waals surface area contributed by atoms with Crippen LogP contribution in [-0.2, 0) is 0 Å². The summed E-state index contributed by atoms with van der Waals surface area (Å²) in [6.45, 7) is 4.57. The minimum Gasteiger partial charge on any atom is -0.307 e. The van der Waals surface area contributed by atoms with Crippen molar-refractivity contribution in [1.29, 1.82) is 0 Å². The Morgan fingerprint density at radius 3 is 2.65 bits per heavy atom. The summed E-state index contributed by atoms with van der Waals surface area (Å²) >= 11 is 6.23. The number of halogens is 1. The predicted octanol–water partition coefficient (Wildman–Crippen LogP) is 4.57. The molecule has 3 atom stereocenters. The van der Waals surface area contributed by atoms with Gasteiger partial charge in [-0.05, 0) is 37.3 Å². The van der Waals surface area contributed by atoms with Crippen molar-refractivity contribution in [2.45, 2.75) is 51.6 Å². The van der Waals surface area contributed by atoms with Crippen LogP contribution in [0.5, 0.6) is 0 Å². The molecule has 0 radical (unpaired) electrons. The fourth-order valence-corrected chi connectivity index (χ4v) is 3.10. The van der Waals surface area contributed by atoms with E-state index in [9.17, 15) is 0 Å². The van der Waals surface area contributed by atoms with Gasteiger partial charge in [0.05, 0.1) is 0 Å². The molecule has 1 aliphatic rings. The summed E-state index contributed by atoms with van der Waals surface area (Å²) in [5.41, 5.74) is 1.21. The molecule has 2 rings (SSSR count). The van der Waals surface area contributed by atoms with Gasteiger partial charge >= 0.3 is 0 Å². The normalized spacial score (nSPS) is 26.8. The number of benzene rings is 1. The first-order valence-electron chi connectivity index (χ1n) is 6.69. The van der Waals surface area contributed by atoms with Crippen molar-refractivity contribution in [3.8, 4) is 0 Å². The topological polar surface area (TPSA) is 12.0 Å². The summed E-state index contributed by atoms with van der Waals surface area (Å²) in [6.07, 6.45) is 5.40. The first-order valence-corrected chi connectivity index (χ1v) is 7.06. The molecule has 0 heterocycles. The van der Waals surface area contributed by atoms with Crippen molar-refractivity contribution in [3.63, 3.8) is 0 Å². The first kappa shape index (κ1) is 12.9. The number of rotatable bonds is 3. The third kappa shape index (κ3) is 3.23. The van der Waals surface area contributed by atoms with Crippen molar-refractivity contribution in [1.82, 2.24) is 5.32 Å². The summed E-state index contributed by atoms with van der Waals surface area (Å²) in [6, 6.07) is 9.13. The molecule has 0 aliphatic heterocycles. The highest BCUT2D eigenvalue weighted by atomic mass is 35.5. The molecule has 1 aliphatic carbocycles. The minimum atomic E-state index is 0.342. The van der Waals surface area contributed by atoms with Gasteiger partial charge in [-0.15, -0.1) is 0 Å². The molecule has 2 heteroatoms. The molecule has 1 saturated carbocycles. The monoisotopic (exact) mass is 251 g/mol. The second-order valence-corrected chi connectivity index (χ2v) is 5.69. The van der Waals surface area contributed by atoms with Crippen molar-refractivity contribution in [2.75, 3.05) is 0 Å². The highest BCUT2D eigenvalue weighted by Crippen LogP contribution is 2.28. The van der Waals surface area contributed by atoms with Crippen LogP contribution in [0.3, 0.4) is 0 Å². The minimum absolute atomic E-state index is 0.342. The molecule has 1 aromatic rings. The Kier molecular flexibility index (Phi) is 4.47. The summed E-state index contributed by atoms with van der Waals surface area (Å²) in [5.74, 6) is 0.786. The molecular formula is C15H22ClN. The van der Waals surface area contributed by atoms with Gasteiger partial charge in [0.1, 0.15) is 0 Å². The maximum Gasteiger partial charge on any atom is 0.0453 e. The lowest BCUT2D eigenvalue weighted by Gasteiger charge is -2.32. The van der Waals surface area contributed by atoms with Gasteiger partial charge in [0.15, 0.2) is 0 Å². The molecule has 0 aromatic heterocycles. The van der Waals surface area contributed by atoms with E-state index in [2.05, 4.69) is 31.3 Å². The van der Waals surface area contributed by atoms with Crippen molar-refractivity contribution in [2.24, 2.45) is 5.92 Å². The van der Waals surface area contributed by atoms with Gasteiger partial charge in [-0.2, -0.15) is 0 Å². The Balaban J connectivity index is 2.01. The zero-order valence-corrected chi connectivity index (χ0v) is 11.5. The molecule has 0 saturated heterocycles. The summed E-state index contributed by atoms with van der Waals surface area (Å²) < 4.78 is 0. The van der Waals surface area contributed by atoms with Gasteiger partial charge in [0.25, 0.3) is 0 Å². The van der Waals surface area contributed by atoms with Crippen LogP contribution in [0.25, 0.3) is 0 Å². The Morgan fingerprint density at radius 1 is 1.24 bits per heavy atom. The fraction of sp³-hybridized carbons (Fsp3) is 0.600. The van der Waals surface area contributed by atoms with Crippen LogP contribution in [0.4, 0.5) is 0 Å². The highest BCUT2D eigenvalue weighted by molar-refractivity contribution is 6.31. The summed E-state index contributed by atoms with van der Waals surface area (Å²) in [7, 11) is 0. The molecular weight excluding hydrogens is 230 g/mol. The average Bonchev–Trinajstić information content (AvgIpc) is 2.32. The third-order valence-corrected chi connectivity index (χ3v) is 4.29. The number of hydrogen-bond donors (Lipinski definition) is 1. The van der Waals surface area contributed by atoms with Crippen LogP contribution in [0.2, 0.25) is 5.02 Å². The quantitative estimate of drug-likeness (QED) is 0.830. The lowest BCUT2D eigenvalue weighted by Crippen LogP contribution is -2.38. The number of hydrogen-bond acceptors (Lipinski definition) is 1. The van der Waals surface area contributed by atoms with Crippen LogP contribution in [0.15, 0.2) is 24.3 Å². The standard InChI is InChI=1S/C15H22ClN/c1-11-7-3-6-10-15(11)17-12(2)13-8-4-5-9-14(13)16/h4-5,8-9,11-12,15,17H,3,6-7,10H2,1-2H3/t11?,12-,15?/m0/s1. The van der Waals surface area contributed by atoms with Crippen LogP contribution < -0.4 is 5.32 Å². The molecule has 1 N–H and O–H groups in total. The largest absolute Gasteiger partial charge is 0.307 e. The average molecular weight is 252 g/mol. The molecule has 94 valence electrons. The van der Waals surface area contributed by atoms with E-state index in [1.54, 1.807) is 0 Å². The molecule has 1 nitrogen and oxygen atoms in total. The van der Waals surface area contributed by atoms with E-state index in [4.69, 9.17) is 11.6 Å². The molecule has 0 spiro atoms. The van der Waals surface area contributed by atoms with Gasteiger partial charge in [-0.1, -0.05) is 49.6 Å². The molecule has 2 unspecified atom stereocenters. The molecule has 17 heavy (non-hydrogen) atoms. The Bertz CT molecular complexity index is 364. The Morgan fingerprint density at radius 2 is 1.94 bits per heavy atom. The fourth-order valence-electron chi connectivity index (χ4n) is 2.80. The molecule has 1 fully saturated rings. The van der Waals surface area contributed by atoms with Crippen molar-refractivity contribution >= 4 is 11.6 Å². The van der Waals surface area contributed by atoms with Crippen LogP contribution in [0, 0.1) is 5.92 Å². The summed E-state index contributed by atoms with van der Waals surface area (Å²) in [5, 5.41) is 4.61. The highest BCUT2D eigenvalue weighted by Gasteiger charge is 2.23. The van der Waals surface area contributed by atoms with Gasteiger partial charge in [0, 0.05) is 17.1 Å².